The largest absolute Gasteiger partial charge is 0.399 e. The van der Waals surface area contributed by atoms with E-state index >= 15 is 0 Å². The van der Waals surface area contributed by atoms with Gasteiger partial charge < -0.3 is 5.73 Å². The van der Waals surface area contributed by atoms with Crippen molar-refractivity contribution in [2.45, 2.75) is 6.54 Å². The van der Waals surface area contributed by atoms with Crippen LogP contribution in [0.1, 0.15) is 5.56 Å². The number of nitrogens with two attached hydrogens (primary N) is 1. The second kappa shape index (κ2) is 5.30. The molecule has 0 radical (unpaired) electrons. The van der Waals surface area contributed by atoms with Crippen LogP contribution in [0.25, 0.3) is 11.4 Å². The number of tetrazole rings is 1. The smallest absolute Gasteiger partial charge is 0.183 e. The van der Waals surface area contributed by atoms with Gasteiger partial charge in [0.15, 0.2) is 5.82 Å². The Morgan fingerprint density at radius 3 is 2.55 bits per heavy atom. The normalized spacial score (nSPS) is 10.7. The SMILES string of the molecule is Nc1ccc(Cn2nnnc2-c2ccccc2Cl)cc1. The molecule has 2 aromatic carbocycles. The molecule has 0 spiro atoms. The Hall–Kier alpha value is -2.40. The van der Waals surface area contributed by atoms with Crippen molar-refractivity contribution < 1.29 is 0 Å². The Balaban J connectivity index is 1.95. The van der Waals surface area contributed by atoms with Crippen LogP contribution >= 0.6 is 11.6 Å². The van der Waals surface area contributed by atoms with Crippen LogP contribution in [0, 0.1) is 0 Å². The van der Waals surface area contributed by atoms with Crippen LogP contribution in [-0.4, -0.2) is 20.2 Å². The van der Waals surface area contributed by atoms with E-state index in [1.165, 1.54) is 0 Å². The molecule has 0 unspecified atom stereocenters. The van der Waals surface area contributed by atoms with Crippen LogP contribution in [0.4, 0.5) is 5.69 Å². The van der Waals surface area contributed by atoms with Gasteiger partial charge in [-0.3, -0.25) is 0 Å². The molecule has 0 atom stereocenters. The van der Waals surface area contributed by atoms with E-state index in [1.54, 1.807) is 4.68 Å². The molecular weight excluding hydrogens is 274 g/mol. The highest BCUT2D eigenvalue weighted by Crippen LogP contribution is 2.25. The predicted octanol–water partition coefficient (Wildman–Crippen LogP) is 2.62. The minimum absolute atomic E-state index is 0.563. The molecule has 0 saturated carbocycles. The lowest BCUT2D eigenvalue weighted by molar-refractivity contribution is 0.653. The minimum atomic E-state index is 0.563. The summed E-state index contributed by atoms with van der Waals surface area (Å²) in [4.78, 5) is 0. The third kappa shape index (κ3) is 2.48. The summed E-state index contributed by atoms with van der Waals surface area (Å²) in [5, 5.41) is 12.4. The van der Waals surface area contributed by atoms with Gasteiger partial charge in [0, 0.05) is 11.3 Å². The van der Waals surface area contributed by atoms with Gasteiger partial charge in [0.05, 0.1) is 11.6 Å². The maximum Gasteiger partial charge on any atom is 0.183 e. The second-order valence-corrected chi connectivity index (χ2v) is 4.79. The average molecular weight is 286 g/mol. The summed E-state index contributed by atoms with van der Waals surface area (Å²) in [5.74, 6) is 0.646. The summed E-state index contributed by atoms with van der Waals surface area (Å²) in [6.07, 6.45) is 0. The van der Waals surface area contributed by atoms with Gasteiger partial charge in [-0.1, -0.05) is 35.9 Å². The maximum atomic E-state index is 6.19. The van der Waals surface area contributed by atoms with Crippen LogP contribution in [0.2, 0.25) is 5.02 Å². The third-order valence-corrected chi connectivity index (χ3v) is 3.29. The second-order valence-electron chi connectivity index (χ2n) is 4.38. The summed E-state index contributed by atoms with van der Waals surface area (Å²) < 4.78 is 1.72. The Morgan fingerprint density at radius 2 is 1.80 bits per heavy atom. The molecule has 20 heavy (non-hydrogen) atoms. The molecule has 0 fully saturated rings. The molecule has 5 nitrogen and oxygen atoms in total. The number of nitrogens with zero attached hydrogens (tertiary/aromatic N) is 4. The first-order valence-corrected chi connectivity index (χ1v) is 6.47. The standard InChI is InChI=1S/C14H12ClN5/c15-13-4-2-1-3-12(13)14-17-18-19-20(14)9-10-5-7-11(16)8-6-10/h1-8H,9,16H2. The quantitative estimate of drug-likeness (QED) is 0.751. The minimum Gasteiger partial charge on any atom is -0.399 e. The van der Waals surface area contributed by atoms with E-state index in [9.17, 15) is 0 Å². The summed E-state index contributed by atoms with van der Waals surface area (Å²) in [5.41, 5.74) is 8.29. The number of benzene rings is 2. The van der Waals surface area contributed by atoms with E-state index in [1.807, 2.05) is 48.5 Å². The summed E-state index contributed by atoms with van der Waals surface area (Å²) in [6, 6.07) is 15.1. The number of anilines is 1. The maximum absolute atomic E-state index is 6.19. The number of nitrogen functional groups attached to an aromatic ring is 1. The highest BCUT2D eigenvalue weighted by molar-refractivity contribution is 6.33. The van der Waals surface area contributed by atoms with E-state index < -0.39 is 0 Å². The van der Waals surface area contributed by atoms with E-state index in [0.717, 1.165) is 16.8 Å². The summed E-state index contributed by atoms with van der Waals surface area (Å²) in [7, 11) is 0. The van der Waals surface area contributed by atoms with Gasteiger partial charge in [-0.15, -0.1) is 5.10 Å². The Kier molecular flexibility index (Phi) is 3.35. The zero-order valence-corrected chi connectivity index (χ0v) is 11.3. The van der Waals surface area contributed by atoms with Gasteiger partial charge >= 0.3 is 0 Å². The van der Waals surface area contributed by atoms with Crippen molar-refractivity contribution in [2.24, 2.45) is 0 Å². The van der Waals surface area contributed by atoms with Gasteiger partial charge in [-0.2, -0.15) is 0 Å². The number of aromatic nitrogens is 4. The van der Waals surface area contributed by atoms with Gasteiger partial charge in [-0.25, -0.2) is 4.68 Å². The number of rotatable bonds is 3. The zero-order chi connectivity index (χ0) is 13.9. The van der Waals surface area contributed by atoms with Crippen molar-refractivity contribution in [2.75, 3.05) is 5.73 Å². The fourth-order valence-corrected chi connectivity index (χ4v) is 2.16. The molecule has 0 aliphatic carbocycles. The molecule has 0 saturated heterocycles. The summed E-state index contributed by atoms with van der Waals surface area (Å²) in [6.45, 7) is 0.563. The Morgan fingerprint density at radius 1 is 1.05 bits per heavy atom. The molecule has 0 bridgehead atoms. The lowest BCUT2D eigenvalue weighted by Gasteiger charge is -2.06. The molecule has 0 aliphatic heterocycles. The molecule has 0 amide bonds. The number of halogens is 1. The lowest BCUT2D eigenvalue weighted by atomic mass is 10.2. The predicted molar refractivity (Wildman–Crippen MR) is 78.2 cm³/mol. The van der Waals surface area contributed by atoms with E-state index in [2.05, 4.69) is 15.5 Å². The highest BCUT2D eigenvalue weighted by Gasteiger charge is 2.12. The Bertz CT molecular complexity index is 720. The van der Waals surface area contributed by atoms with E-state index in [4.69, 9.17) is 17.3 Å². The first kappa shape index (κ1) is 12.6. The average Bonchev–Trinajstić information content (AvgIpc) is 2.90. The molecule has 2 N–H and O–H groups in total. The molecule has 1 aromatic heterocycles. The zero-order valence-electron chi connectivity index (χ0n) is 10.6. The Labute approximate surface area is 121 Å². The number of hydrogen-bond donors (Lipinski definition) is 1. The van der Waals surface area contributed by atoms with E-state index in [-0.39, 0.29) is 0 Å². The molecule has 3 rings (SSSR count). The lowest BCUT2D eigenvalue weighted by Crippen LogP contribution is -2.04. The number of hydrogen-bond acceptors (Lipinski definition) is 4. The van der Waals surface area contributed by atoms with Crippen LogP contribution < -0.4 is 5.73 Å². The first-order valence-electron chi connectivity index (χ1n) is 6.09. The van der Waals surface area contributed by atoms with Crippen molar-refractivity contribution in [3.05, 3.63) is 59.1 Å². The molecule has 100 valence electrons. The van der Waals surface area contributed by atoms with Gasteiger partial charge in [0.2, 0.25) is 0 Å². The molecule has 0 aliphatic rings. The van der Waals surface area contributed by atoms with Crippen LogP contribution in [0.15, 0.2) is 48.5 Å². The van der Waals surface area contributed by atoms with Crippen molar-refractivity contribution >= 4 is 17.3 Å². The van der Waals surface area contributed by atoms with E-state index in [0.29, 0.717) is 17.4 Å². The molecule has 6 heteroatoms. The monoisotopic (exact) mass is 285 g/mol. The highest BCUT2D eigenvalue weighted by atomic mass is 35.5. The van der Waals surface area contributed by atoms with Gasteiger partial charge in [-0.05, 0) is 40.3 Å². The van der Waals surface area contributed by atoms with Crippen LogP contribution in [0.5, 0.6) is 0 Å². The fourth-order valence-electron chi connectivity index (χ4n) is 1.94. The van der Waals surface area contributed by atoms with Gasteiger partial charge in [0.1, 0.15) is 0 Å². The van der Waals surface area contributed by atoms with Crippen molar-refractivity contribution in [3.8, 4) is 11.4 Å². The van der Waals surface area contributed by atoms with Crippen molar-refractivity contribution in [3.63, 3.8) is 0 Å². The molecular formula is C14H12ClN5. The van der Waals surface area contributed by atoms with Crippen LogP contribution in [-0.2, 0) is 6.54 Å². The summed E-state index contributed by atoms with van der Waals surface area (Å²) >= 11 is 6.19. The molecule has 3 aromatic rings. The topological polar surface area (TPSA) is 69.6 Å². The fraction of sp³-hybridized carbons (Fsp3) is 0.0714. The van der Waals surface area contributed by atoms with Crippen LogP contribution in [0.3, 0.4) is 0 Å². The van der Waals surface area contributed by atoms with Crippen molar-refractivity contribution in [1.82, 2.24) is 20.2 Å². The van der Waals surface area contributed by atoms with Crippen molar-refractivity contribution in [1.29, 1.82) is 0 Å². The third-order valence-electron chi connectivity index (χ3n) is 2.96. The first-order chi connectivity index (χ1) is 9.74. The van der Waals surface area contributed by atoms with Gasteiger partial charge in [0.25, 0.3) is 0 Å². The molecule has 1 heterocycles.